The van der Waals surface area contributed by atoms with Gasteiger partial charge in [-0.3, -0.25) is 4.79 Å². The van der Waals surface area contributed by atoms with E-state index in [-0.39, 0.29) is 12.0 Å². The standard InChI is InChI=1S/C18H16F3NO3/c19-18(20,21)14-8-4-7-13(11-14)16(23)22-15(17(24)25)10-9-12-5-2-1-3-6-12/h1-8,11,15H,9-10H2,(H,22,23)(H,24,25)/t15-/m0/s1. The average Bonchev–Trinajstić information content (AvgIpc) is 2.58. The summed E-state index contributed by atoms with van der Waals surface area (Å²) in [5.41, 5.74) is -0.292. The van der Waals surface area contributed by atoms with E-state index in [1.807, 2.05) is 30.3 Å². The Morgan fingerprint density at radius 1 is 1.04 bits per heavy atom. The van der Waals surface area contributed by atoms with E-state index >= 15 is 0 Å². The second kappa shape index (κ2) is 7.83. The maximum absolute atomic E-state index is 12.7. The van der Waals surface area contributed by atoms with Crippen molar-refractivity contribution in [3.63, 3.8) is 0 Å². The summed E-state index contributed by atoms with van der Waals surface area (Å²) in [6.07, 6.45) is -4.03. The molecule has 2 aromatic rings. The Morgan fingerprint density at radius 3 is 2.32 bits per heavy atom. The zero-order valence-electron chi connectivity index (χ0n) is 13.1. The molecular weight excluding hydrogens is 335 g/mol. The van der Waals surface area contributed by atoms with Crippen LogP contribution in [-0.4, -0.2) is 23.0 Å². The normalized spacial score (nSPS) is 12.4. The Kier molecular flexibility index (Phi) is 5.80. The van der Waals surface area contributed by atoms with Gasteiger partial charge in [-0.2, -0.15) is 13.2 Å². The van der Waals surface area contributed by atoms with Crippen LogP contribution in [0.25, 0.3) is 0 Å². The van der Waals surface area contributed by atoms with Gasteiger partial charge in [0.25, 0.3) is 5.91 Å². The molecule has 0 unspecified atom stereocenters. The van der Waals surface area contributed by atoms with Gasteiger partial charge in [-0.25, -0.2) is 4.79 Å². The van der Waals surface area contributed by atoms with Gasteiger partial charge in [-0.05, 0) is 36.6 Å². The maximum atomic E-state index is 12.7. The van der Waals surface area contributed by atoms with Gasteiger partial charge in [0, 0.05) is 5.56 Å². The van der Waals surface area contributed by atoms with Crippen molar-refractivity contribution in [2.75, 3.05) is 0 Å². The SMILES string of the molecule is O=C(N[C@@H](CCc1ccccc1)C(=O)O)c1cccc(C(F)(F)F)c1. The Bertz CT molecular complexity index is 745. The van der Waals surface area contributed by atoms with Crippen LogP contribution in [0.3, 0.4) is 0 Å². The van der Waals surface area contributed by atoms with Crippen LogP contribution < -0.4 is 5.32 Å². The minimum atomic E-state index is -4.57. The van der Waals surface area contributed by atoms with Crippen molar-refractivity contribution in [2.24, 2.45) is 0 Å². The van der Waals surface area contributed by atoms with Gasteiger partial charge >= 0.3 is 12.1 Å². The van der Waals surface area contributed by atoms with Crippen LogP contribution in [0.15, 0.2) is 54.6 Å². The highest BCUT2D eigenvalue weighted by molar-refractivity contribution is 5.96. The quantitative estimate of drug-likeness (QED) is 0.837. The Balaban J connectivity index is 2.06. The van der Waals surface area contributed by atoms with Gasteiger partial charge in [-0.15, -0.1) is 0 Å². The summed E-state index contributed by atoms with van der Waals surface area (Å²) in [5.74, 6) is -2.09. The van der Waals surface area contributed by atoms with Gasteiger partial charge in [-0.1, -0.05) is 36.4 Å². The van der Waals surface area contributed by atoms with E-state index in [0.29, 0.717) is 12.5 Å². The molecule has 132 valence electrons. The molecule has 0 heterocycles. The zero-order valence-corrected chi connectivity index (χ0v) is 13.1. The van der Waals surface area contributed by atoms with Gasteiger partial charge in [0.2, 0.25) is 0 Å². The van der Waals surface area contributed by atoms with Gasteiger partial charge < -0.3 is 10.4 Å². The summed E-state index contributed by atoms with van der Waals surface area (Å²) in [4.78, 5) is 23.4. The van der Waals surface area contributed by atoms with Crippen molar-refractivity contribution in [1.29, 1.82) is 0 Å². The summed E-state index contributed by atoms with van der Waals surface area (Å²) in [7, 11) is 0. The van der Waals surface area contributed by atoms with Crippen LogP contribution in [0.1, 0.15) is 27.9 Å². The van der Waals surface area contributed by atoms with Crippen molar-refractivity contribution < 1.29 is 27.9 Å². The number of carbonyl (C=O) groups excluding carboxylic acids is 1. The third-order valence-electron chi connectivity index (χ3n) is 3.62. The molecule has 4 nitrogen and oxygen atoms in total. The molecule has 0 aliphatic carbocycles. The molecular formula is C18H16F3NO3. The number of carboxylic acids is 1. The number of carboxylic acid groups (broad SMARTS) is 1. The lowest BCUT2D eigenvalue weighted by Gasteiger charge is -2.15. The number of hydrogen-bond donors (Lipinski definition) is 2. The van der Waals surface area contributed by atoms with Crippen molar-refractivity contribution >= 4 is 11.9 Å². The molecule has 2 rings (SSSR count). The van der Waals surface area contributed by atoms with Crippen molar-refractivity contribution in [1.82, 2.24) is 5.32 Å². The fourth-order valence-electron chi connectivity index (χ4n) is 2.29. The van der Waals surface area contributed by atoms with E-state index in [4.69, 9.17) is 0 Å². The van der Waals surface area contributed by atoms with Crippen LogP contribution in [0.2, 0.25) is 0 Å². The predicted molar refractivity (Wildman–Crippen MR) is 85.1 cm³/mol. The average molecular weight is 351 g/mol. The summed E-state index contributed by atoms with van der Waals surface area (Å²) >= 11 is 0. The number of rotatable bonds is 6. The van der Waals surface area contributed by atoms with Gasteiger partial charge in [0.15, 0.2) is 0 Å². The molecule has 0 radical (unpaired) electrons. The molecule has 0 aromatic heterocycles. The molecule has 1 atom stereocenters. The molecule has 0 aliphatic heterocycles. The van der Waals surface area contributed by atoms with Crippen LogP contribution >= 0.6 is 0 Å². The topological polar surface area (TPSA) is 66.4 Å². The first-order chi connectivity index (χ1) is 11.8. The van der Waals surface area contributed by atoms with Crippen LogP contribution in [0.5, 0.6) is 0 Å². The van der Waals surface area contributed by atoms with E-state index in [1.54, 1.807) is 0 Å². The van der Waals surface area contributed by atoms with Crippen LogP contribution in [0, 0.1) is 0 Å². The van der Waals surface area contributed by atoms with E-state index in [0.717, 1.165) is 17.7 Å². The summed E-state index contributed by atoms with van der Waals surface area (Å²) in [6, 6.07) is 11.8. The lowest BCUT2D eigenvalue weighted by molar-refractivity contribution is -0.139. The van der Waals surface area contributed by atoms with Crippen LogP contribution in [-0.2, 0) is 17.4 Å². The minimum absolute atomic E-state index is 0.129. The maximum Gasteiger partial charge on any atom is 0.416 e. The first kappa shape index (κ1) is 18.5. The number of alkyl halides is 3. The third kappa shape index (κ3) is 5.34. The molecule has 7 heteroatoms. The highest BCUT2D eigenvalue weighted by Gasteiger charge is 2.31. The molecule has 0 fully saturated rings. The monoisotopic (exact) mass is 351 g/mol. The largest absolute Gasteiger partial charge is 0.480 e. The Hall–Kier alpha value is -2.83. The number of halogens is 3. The second-order valence-corrected chi connectivity index (χ2v) is 5.47. The summed E-state index contributed by atoms with van der Waals surface area (Å²) in [6.45, 7) is 0. The second-order valence-electron chi connectivity index (χ2n) is 5.47. The molecule has 2 aromatic carbocycles. The number of aliphatic carboxylic acids is 1. The Morgan fingerprint density at radius 2 is 1.72 bits per heavy atom. The number of benzene rings is 2. The van der Waals surface area contributed by atoms with Crippen molar-refractivity contribution in [3.8, 4) is 0 Å². The fourth-order valence-corrected chi connectivity index (χ4v) is 2.29. The number of carbonyl (C=O) groups is 2. The number of aryl methyl sites for hydroxylation is 1. The summed E-state index contributed by atoms with van der Waals surface area (Å²) in [5, 5.41) is 11.5. The highest BCUT2D eigenvalue weighted by atomic mass is 19.4. The fraction of sp³-hybridized carbons (Fsp3) is 0.222. The van der Waals surface area contributed by atoms with Crippen molar-refractivity contribution in [2.45, 2.75) is 25.1 Å². The van der Waals surface area contributed by atoms with Crippen molar-refractivity contribution in [3.05, 3.63) is 71.3 Å². The lowest BCUT2D eigenvalue weighted by Crippen LogP contribution is -2.41. The number of nitrogens with one attached hydrogen (secondary N) is 1. The molecule has 0 saturated heterocycles. The first-order valence-corrected chi connectivity index (χ1v) is 7.52. The minimum Gasteiger partial charge on any atom is -0.480 e. The third-order valence-corrected chi connectivity index (χ3v) is 3.62. The molecule has 0 bridgehead atoms. The zero-order chi connectivity index (χ0) is 18.4. The Labute approximate surface area is 142 Å². The molecule has 1 amide bonds. The van der Waals surface area contributed by atoms with E-state index < -0.39 is 29.7 Å². The van der Waals surface area contributed by atoms with Gasteiger partial charge in [0.05, 0.1) is 5.56 Å². The number of amides is 1. The first-order valence-electron chi connectivity index (χ1n) is 7.52. The van der Waals surface area contributed by atoms with Gasteiger partial charge in [0.1, 0.15) is 6.04 Å². The molecule has 0 aliphatic rings. The van der Waals surface area contributed by atoms with E-state index in [2.05, 4.69) is 5.32 Å². The molecule has 25 heavy (non-hydrogen) atoms. The van der Waals surface area contributed by atoms with E-state index in [9.17, 15) is 27.9 Å². The smallest absolute Gasteiger partial charge is 0.416 e. The molecule has 0 saturated carbocycles. The van der Waals surface area contributed by atoms with E-state index in [1.165, 1.54) is 6.07 Å². The highest BCUT2D eigenvalue weighted by Crippen LogP contribution is 2.29. The lowest BCUT2D eigenvalue weighted by atomic mass is 10.0. The summed E-state index contributed by atoms with van der Waals surface area (Å²) < 4.78 is 38.1. The molecule has 2 N–H and O–H groups in total. The molecule has 0 spiro atoms. The number of hydrogen-bond acceptors (Lipinski definition) is 2. The van der Waals surface area contributed by atoms with Crippen LogP contribution in [0.4, 0.5) is 13.2 Å². The predicted octanol–water partition coefficient (Wildman–Crippen LogP) is 3.52.